The molecule has 3 aromatic rings. The summed E-state index contributed by atoms with van der Waals surface area (Å²) in [6.45, 7) is 1.41. The van der Waals surface area contributed by atoms with Gasteiger partial charge in [-0.2, -0.15) is 0 Å². The summed E-state index contributed by atoms with van der Waals surface area (Å²) in [5, 5.41) is 14.0. The summed E-state index contributed by atoms with van der Waals surface area (Å²) in [5.41, 5.74) is 2.19. The molecule has 0 aliphatic heterocycles. The fraction of sp³-hybridized carbons (Fsp3) is 0.263. The number of fused-ring (bicyclic) bond motifs is 1. The Labute approximate surface area is 140 Å². The van der Waals surface area contributed by atoms with Crippen LogP contribution in [0, 0.1) is 0 Å². The first-order chi connectivity index (χ1) is 11.2. The number of aliphatic hydroxyl groups excluding tert-OH is 1. The molecule has 0 spiro atoms. The van der Waals surface area contributed by atoms with Gasteiger partial charge in [-0.25, -0.2) is 0 Å². The molecular formula is C19H21NO2S. The van der Waals surface area contributed by atoms with E-state index in [-0.39, 0.29) is 0 Å². The molecule has 0 saturated heterocycles. The highest BCUT2D eigenvalue weighted by Crippen LogP contribution is 2.27. The van der Waals surface area contributed by atoms with Gasteiger partial charge in [-0.1, -0.05) is 30.3 Å². The van der Waals surface area contributed by atoms with Crippen LogP contribution in [0.3, 0.4) is 0 Å². The highest BCUT2D eigenvalue weighted by Gasteiger charge is 2.13. The fourth-order valence-corrected chi connectivity index (χ4v) is 3.71. The Morgan fingerprint density at radius 2 is 2.00 bits per heavy atom. The second kappa shape index (κ2) is 7.13. The second-order valence-electron chi connectivity index (χ2n) is 5.75. The molecule has 0 amide bonds. The summed E-state index contributed by atoms with van der Waals surface area (Å²) in [6, 6.07) is 16.1. The zero-order valence-corrected chi connectivity index (χ0v) is 14.2. The van der Waals surface area contributed by atoms with Gasteiger partial charge in [-0.15, -0.1) is 11.3 Å². The first-order valence-electron chi connectivity index (χ1n) is 7.63. The van der Waals surface area contributed by atoms with Gasteiger partial charge in [0, 0.05) is 17.8 Å². The van der Waals surface area contributed by atoms with Gasteiger partial charge >= 0.3 is 0 Å². The van der Waals surface area contributed by atoms with E-state index in [1.807, 2.05) is 31.3 Å². The largest absolute Gasteiger partial charge is 0.497 e. The molecular weight excluding hydrogens is 306 g/mol. The third-order valence-corrected chi connectivity index (χ3v) is 4.98. The Bertz CT molecular complexity index is 784. The van der Waals surface area contributed by atoms with Crippen molar-refractivity contribution in [3.05, 3.63) is 65.0 Å². The van der Waals surface area contributed by atoms with Crippen LogP contribution < -0.4 is 4.74 Å². The van der Waals surface area contributed by atoms with Gasteiger partial charge in [0.05, 0.1) is 13.2 Å². The van der Waals surface area contributed by atoms with Crippen molar-refractivity contribution in [2.24, 2.45) is 0 Å². The van der Waals surface area contributed by atoms with Crippen molar-refractivity contribution < 1.29 is 9.84 Å². The lowest BCUT2D eigenvalue weighted by atomic mass is 10.1. The number of methoxy groups -OCH3 is 1. The number of ether oxygens (including phenoxy) is 1. The van der Waals surface area contributed by atoms with Crippen molar-refractivity contribution in [3.8, 4) is 5.75 Å². The molecule has 1 heterocycles. The number of aliphatic hydroxyl groups is 1. The third kappa shape index (κ3) is 3.72. The molecule has 3 nitrogen and oxygen atoms in total. The highest BCUT2D eigenvalue weighted by atomic mass is 32.1. The van der Waals surface area contributed by atoms with Gasteiger partial charge in [0.25, 0.3) is 0 Å². The minimum Gasteiger partial charge on any atom is -0.497 e. The minimum absolute atomic E-state index is 0.528. The summed E-state index contributed by atoms with van der Waals surface area (Å²) in [7, 11) is 3.68. The third-order valence-electron chi connectivity index (χ3n) is 3.96. The number of hydrogen-bond donors (Lipinski definition) is 1. The van der Waals surface area contributed by atoms with Gasteiger partial charge in [-0.3, -0.25) is 4.90 Å². The summed E-state index contributed by atoms with van der Waals surface area (Å²) < 4.78 is 6.53. The van der Waals surface area contributed by atoms with Crippen LogP contribution in [0.25, 0.3) is 10.1 Å². The SMILES string of the molecule is COc1cccc([C@@H](O)CN(C)Cc2csc3ccccc23)c1. The smallest absolute Gasteiger partial charge is 0.119 e. The molecule has 120 valence electrons. The number of rotatable bonds is 6. The predicted molar refractivity (Wildman–Crippen MR) is 96.1 cm³/mol. The van der Waals surface area contributed by atoms with Crippen LogP contribution in [-0.2, 0) is 6.54 Å². The van der Waals surface area contributed by atoms with Gasteiger partial charge in [0.15, 0.2) is 0 Å². The molecule has 0 bridgehead atoms. The molecule has 0 aliphatic carbocycles. The first kappa shape index (κ1) is 16.0. The van der Waals surface area contributed by atoms with E-state index in [4.69, 9.17) is 4.74 Å². The van der Waals surface area contributed by atoms with Crippen molar-refractivity contribution in [2.75, 3.05) is 20.7 Å². The summed E-state index contributed by atoms with van der Waals surface area (Å²) >= 11 is 1.77. The Hall–Kier alpha value is -1.88. The predicted octanol–water partition coefficient (Wildman–Crippen LogP) is 4.08. The van der Waals surface area contributed by atoms with Crippen LogP contribution >= 0.6 is 11.3 Å². The van der Waals surface area contributed by atoms with Gasteiger partial charge in [0.2, 0.25) is 0 Å². The average molecular weight is 327 g/mol. The molecule has 1 aromatic heterocycles. The lowest BCUT2D eigenvalue weighted by Crippen LogP contribution is -2.24. The molecule has 0 aliphatic rings. The molecule has 0 saturated carbocycles. The van der Waals surface area contributed by atoms with E-state index in [0.717, 1.165) is 17.9 Å². The number of hydrogen-bond acceptors (Lipinski definition) is 4. The lowest BCUT2D eigenvalue weighted by molar-refractivity contribution is 0.124. The summed E-state index contributed by atoms with van der Waals surface area (Å²) in [5.74, 6) is 0.771. The monoisotopic (exact) mass is 327 g/mol. The second-order valence-corrected chi connectivity index (χ2v) is 6.66. The van der Waals surface area contributed by atoms with Crippen molar-refractivity contribution in [2.45, 2.75) is 12.6 Å². The topological polar surface area (TPSA) is 32.7 Å². The molecule has 0 fully saturated rings. The molecule has 4 heteroatoms. The van der Waals surface area contributed by atoms with Crippen molar-refractivity contribution >= 4 is 21.4 Å². The summed E-state index contributed by atoms with van der Waals surface area (Å²) in [6.07, 6.45) is -0.528. The average Bonchev–Trinajstić information content (AvgIpc) is 2.98. The van der Waals surface area contributed by atoms with Crippen LogP contribution in [0.2, 0.25) is 0 Å². The minimum atomic E-state index is -0.528. The Balaban J connectivity index is 1.67. The maximum atomic E-state index is 10.5. The van der Waals surface area contributed by atoms with Crippen LogP contribution in [0.15, 0.2) is 53.9 Å². The first-order valence-corrected chi connectivity index (χ1v) is 8.51. The van der Waals surface area contributed by atoms with E-state index in [0.29, 0.717) is 6.54 Å². The zero-order valence-electron chi connectivity index (χ0n) is 13.4. The Morgan fingerprint density at radius 3 is 2.83 bits per heavy atom. The molecule has 2 aromatic carbocycles. The molecule has 0 radical (unpaired) electrons. The fourth-order valence-electron chi connectivity index (χ4n) is 2.76. The van der Waals surface area contributed by atoms with Crippen molar-refractivity contribution in [3.63, 3.8) is 0 Å². The Kier molecular flexibility index (Phi) is 4.96. The van der Waals surface area contributed by atoms with E-state index in [1.165, 1.54) is 15.6 Å². The van der Waals surface area contributed by atoms with E-state index in [9.17, 15) is 5.11 Å². The van der Waals surface area contributed by atoms with E-state index >= 15 is 0 Å². The highest BCUT2D eigenvalue weighted by molar-refractivity contribution is 7.17. The molecule has 1 atom stereocenters. The molecule has 23 heavy (non-hydrogen) atoms. The number of likely N-dealkylation sites (N-methyl/N-ethyl adjacent to an activating group) is 1. The van der Waals surface area contributed by atoms with E-state index in [2.05, 4.69) is 34.5 Å². The van der Waals surface area contributed by atoms with Gasteiger partial charge in [-0.05, 0) is 47.1 Å². The van der Waals surface area contributed by atoms with Crippen LogP contribution in [0.4, 0.5) is 0 Å². The lowest BCUT2D eigenvalue weighted by Gasteiger charge is -2.21. The standard InChI is InChI=1S/C19H21NO2S/c1-20(11-15-13-23-19-9-4-3-8-17(15)19)12-18(21)14-6-5-7-16(10-14)22-2/h3-10,13,18,21H,11-12H2,1-2H3/t18-/m0/s1. The maximum absolute atomic E-state index is 10.5. The molecule has 0 unspecified atom stereocenters. The van der Waals surface area contributed by atoms with Crippen LogP contribution in [0.1, 0.15) is 17.2 Å². The Morgan fingerprint density at radius 1 is 1.17 bits per heavy atom. The summed E-state index contributed by atoms with van der Waals surface area (Å²) in [4.78, 5) is 2.15. The molecule has 1 N–H and O–H groups in total. The quantitative estimate of drug-likeness (QED) is 0.740. The number of nitrogens with zero attached hydrogens (tertiary/aromatic N) is 1. The van der Waals surface area contributed by atoms with Crippen LogP contribution in [0.5, 0.6) is 5.75 Å². The molecule has 3 rings (SSSR count). The maximum Gasteiger partial charge on any atom is 0.119 e. The van der Waals surface area contributed by atoms with Crippen molar-refractivity contribution in [1.82, 2.24) is 4.90 Å². The van der Waals surface area contributed by atoms with Gasteiger partial charge < -0.3 is 9.84 Å². The van der Waals surface area contributed by atoms with Gasteiger partial charge in [0.1, 0.15) is 5.75 Å². The number of benzene rings is 2. The number of thiophene rings is 1. The van der Waals surface area contributed by atoms with E-state index < -0.39 is 6.10 Å². The van der Waals surface area contributed by atoms with Crippen LogP contribution in [-0.4, -0.2) is 30.7 Å². The van der Waals surface area contributed by atoms with Crippen molar-refractivity contribution in [1.29, 1.82) is 0 Å². The normalized spacial score (nSPS) is 12.7. The van der Waals surface area contributed by atoms with E-state index in [1.54, 1.807) is 18.4 Å². The zero-order chi connectivity index (χ0) is 16.2.